The van der Waals surface area contributed by atoms with Crippen LogP contribution in [0.4, 0.5) is 5.69 Å². The van der Waals surface area contributed by atoms with E-state index in [0.717, 1.165) is 16.5 Å². The maximum absolute atomic E-state index is 11.5. The van der Waals surface area contributed by atoms with Crippen LogP contribution in [0.3, 0.4) is 0 Å². The second-order valence-corrected chi connectivity index (χ2v) is 3.50. The van der Waals surface area contributed by atoms with Crippen LogP contribution in [0, 0.1) is 6.92 Å². The van der Waals surface area contributed by atoms with Crippen molar-refractivity contribution in [2.24, 2.45) is 7.05 Å². The standard InChI is InChI=1S/C11H12N2O/c1-7-5-11(14)13(2)10-6-8(12)3-4-9(7)10/h3-6H,12H2,1-2H3. The Morgan fingerprint density at radius 1 is 1.29 bits per heavy atom. The molecule has 0 saturated carbocycles. The average Bonchev–Trinajstić information content (AvgIpc) is 2.14. The Morgan fingerprint density at radius 3 is 2.71 bits per heavy atom. The Morgan fingerprint density at radius 2 is 2.00 bits per heavy atom. The first-order chi connectivity index (χ1) is 6.59. The van der Waals surface area contributed by atoms with Gasteiger partial charge in [-0.05, 0) is 24.6 Å². The lowest BCUT2D eigenvalue weighted by Gasteiger charge is -2.07. The molecule has 1 aromatic heterocycles. The third-order valence-corrected chi connectivity index (χ3v) is 2.48. The van der Waals surface area contributed by atoms with E-state index in [4.69, 9.17) is 5.73 Å². The topological polar surface area (TPSA) is 48.0 Å². The number of pyridine rings is 1. The normalized spacial score (nSPS) is 10.7. The van der Waals surface area contributed by atoms with Gasteiger partial charge in [0.2, 0.25) is 0 Å². The summed E-state index contributed by atoms with van der Waals surface area (Å²) in [6.07, 6.45) is 0. The van der Waals surface area contributed by atoms with Crippen LogP contribution in [-0.4, -0.2) is 4.57 Å². The number of nitrogen functional groups attached to an aromatic ring is 1. The molecule has 0 saturated heterocycles. The number of nitrogens with two attached hydrogens (primary N) is 1. The second-order valence-electron chi connectivity index (χ2n) is 3.50. The van der Waals surface area contributed by atoms with E-state index in [1.807, 2.05) is 25.1 Å². The van der Waals surface area contributed by atoms with Gasteiger partial charge in [-0.25, -0.2) is 0 Å². The zero-order valence-electron chi connectivity index (χ0n) is 8.24. The SMILES string of the molecule is Cc1cc(=O)n(C)c2cc(N)ccc12. The van der Waals surface area contributed by atoms with Crippen molar-refractivity contribution >= 4 is 16.6 Å². The first-order valence-corrected chi connectivity index (χ1v) is 4.45. The van der Waals surface area contributed by atoms with Crippen LogP contribution in [0.25, 0.3) is 10.9 Å². The second kappa shape index (κ2) is 2.87. The van der Waals surface area contributed by atoms with Crippen molar-refractivity contribution < 1.29 is 0 Å². The Balaban J connectivity index is 3.03. The number of aromatic nitrogens is 1. The lowest BCUT2D eigenvalue weighted by Crippen LogP contribution is -2.16. The van der Waals surface area contributed by atoms with Crippen LogP contribution in [0.15, 0.2) is 29.1 Å². The summed E-state index contributed by atoms with van der Waals surface area (Å²) in [6.45, 7) is 1.93. The molecule has 0 fully saturated rings. The van der Waals surface area contributed by atoms with Crippen molar-refractivity contribution in [3.63, 3.8) is 0 Å². The molecule has 0 amide bonds. The fraction of sp³-hybridized carbons (Fsp3) is 0.182. The molecular formula is C11H12N2O. The molecule has 2 rings (SSSR count). The van der Waals surface area contributed by atoms with Gasteiger partial charge in [0.15, 0.2) is 0 Å². The highest BCUT2D eigenvalue weighted by molar-refractivity contribution is 5.85. The molecule has 0 spiro atoms. The van der Waals surface area contributed by atoms with E-state index < -0.39 is 0 Å². The molecular weight excluding hydrogens is 176 g/mol. The van der Waals surface area contributed by atoms with Gasteiger partial charge >= 0.3 is 0 Å². The van der Waals surface area contributed by atoms with Gasteiger partial charge in [0.05, 0.1) is 5.52 Å². The number of rotatable bonds is 0. The number of nitrogens with zero attached hydrogens (tertiary/aromatic N) is 1. The molecule has 1 aromatic carbocycles. The number of benzene rings is 1. The number of fused-ring (bicyclic) bond motifs is 1. The third-order valence-electron chi connectivity index (χ3n) is 2.48. The van der Waals surface area contributed by atoms with E-state index in [9.17, 15) is 4.79 Å². The predicted octanol–water partition coefficient (Wildman–Crippen LogP) is 1.43. The molecule has 2 N–H and O–H groups in total. The van der Waals surface area contributed by atoms with E-state index in [1.165, 1.54) is 0 Å². The van der Waals surface area contributed by atoms with Gasteiger partial charge in [-0.15, -0.1) is 0 Å². The summed E-state index contributed by atoms with van der Waals surface area (Å²) in [4.78, 5) is 11.5. The molecule has 2 aromatic rings. The molecule has 0 atom stereocenters. The Kier molecular flexibility index (Phi) is 1.81. The van der Waals surface area contributed by atoms with Crippen molar-refractivity contribution in [2.45, 2.75) is 6.92 Å². The van der Waals surface area contributed by atoms with Gasteiger partial charge in [-0.1, -0.05) is 6.07 Å². The Labute approximate surface area is 81.8 Å². The molecule has 0 aliphatic heterocycles. The van der Waals surface area contributed by atoms with Crippen molar-refractivity contribution in [3.05, 3.63) is 40.2 Å². The van der Waals surface area contributed by atoms with Crippen molar-refractivity contribution in [2.75, 3.05) is 5.73 Å². The molecule has 0 radical (unpaired) electrons. The molecule has 3 heteroatoms. The molecule has 1 heterocycles. The lowest BCUT2D eigenvalue weighted by atomic mass is 10.1. The molecule has 3 nitrogen and oxygen atoms in total. The maximum Gasteiger partial charge on any atom is 0.251 e. The minimum atomic E-state index is 0.000556. The number of anilines is 1. The molecule has 0 aliphatic rings. The largest absolute Gasteiger partial charge is 0.399 e. The summed E-state index contributed by atoms with van der Waals surface area (Å²) in [5, 5.41) is 1.07. The van der Waals surface area contributed by atoms with E-state index in [-0.39, 0.29) is 5.56 Å². The molecule has 72 valence electrons. The van der Waals surface area contributed by atoms with E-state index in [2.05, 4.69) is 0 Å². The summed E-state index contributed by atoms with van der Waals surface area (Å²) < 4.78 is 1.61. The first-order valence-electron chi connectivity index (χ1n) is 4.45. The van der Waals surface area contributed by atoms with Crippen LogP contribution in [-0.2, 0) is 7.05 Å². The zero-order valence-corrected chi connectivity index (χ0v) is 8.24. The van der Waals surface area contributed by atoms with Gasteiger partial charge < -0.3 is 10.3 Å². The minimum Gasteiger partial charge on any atom is -0.399 e. The Hall–Kier alpha value is -1.77. The number of hydrogen-bond acceptors (Lipinski definition) is 2. The molecule has 0 bridgehead atoms. The average molecular weight is 188 g/mol. The van der Waals surface area contributed by atoms with Gasteiger partial charge in [-0.2, -0.15) is 0 Å². The van der Waals surface area contributed by atoms with E-state index in [0.29, 0.717) is 5.69 Å². The summed E-state index contributed by atoms with van der Waals surface area (Å²) in [5.74, 6) is 0. The highest BCUT2D eigenvalue weighted by Gasteiger charge is 2.02. The van der Waals surface area contributed by atoms with E-state index in [1.54, 1.807) is 17.7 Å². The fourth-order valence-corrected chi connectivity index (χ4v) is 1.64. The lowest BCUT2D eigenvalue weighted by molar-refractivity contribution is 0.903. The number of hydrogen-bond donors (Lipinski definition) is 1. The fourth-order valence-electron chi connectivity index (χ4n) is 1.64. The molecule has 0 aliphatic carbocycles. The monoisotopic (exact) mass is 188 g/mol. The predicted molar refractivity (Wildman–Crippen MR) is 58.3 cm³/mol. The van der Waals surface area contributed by atoms with Gasteiger partial charge in [0.1, 0.15) is 0 Å². The van der Waals surface area contributed by atoms with Gasteiger partial charge in [0.25, 0.3) is 5.56 Å². The smallest absolute Gasteiger partial charge is 0.251 e. The number of aryl methyl sites for hydroxylation is 2. The highest BCUT2D eigenvalue weighted by Crippen LogP contribution is 2.18. The highest BCUT2D eigenvalue weighted by atomic mass is 16.1. The summed E-state index contributed by atoms with van der Waals surface area (Å²) in [6, 6.07) is 7.25. The van der Waals surface area contributed by atoms with Crippen LogP contribution >= 0.6 is 0 Å². The van der Waals surface area contributed by atoms with Gasteiger partial charge in [-0.3, -0.25) is 4.79 Å². The van der Waals surface area contributed by atoms with Crippen molar-refractivity contribution in [1.82, 2.24) is 4.57 Å². The maximum atomic E-state index is 11.5. The van der Waals surface area contributed by atoms with Crippen LogP contribution in [0.2, 0.25) is 0 Å². The summed E-state index contributed by atoms with van der Waals surface area (Å²) >= 11 is 0. The van der Waals surface area contributed by atoms with Gasteiger partial charge in [0, 0.05) is 24.2 Å². The Bertz CT molecular complexity index is 555. The molecule has 14 heavy (non-hydrogen) atoms. The summed E-state index contributed by atoms with van der Waals surface area (Å²) in [7, 11) is 1.75. The third kappa shape index (κ3) is 1.18. The van der Waals surface area contributed by atoms with Crippen LogP contribution < -0.4 is 11.3 Å². The molecule has 0 unspecified atom stereocenters. The van der Waals surface area contributed by atoms with Crippen molar-refractivity contribution in [3.8, 4) is 0 Å². The zero-order chi connectivity index (χ0) is 10.3. The van der Waals surface area contributed by atoms with Crippen LogP contribution in [0.5, 0.6) is 0 Å². The van der Waals surface area contributed by atoms with Crippen LogP contribution in [0.1, 0.15) is 5.56 Å². The minimum absolute atomic E-state index is 0.000556. The van der Waals surface area contributed by atoms with E-state index >= 15 is 0 Å². The quantitative estimate of drug-likeness (QED) is 0.636. The summed E-state index contributed by atoms with van der Waals surface area (Å²) in [5.41, 5.74) is 8.23. The van der Waals surface area contributed by atoms with Crippen molar-refractivity contribution in [1.29, 1.82) is 0 Å². The first kappa shape index (κ1) is 8.81.